The summed E-state index contributed by atoms with van der Waals surface area (Å²) >= 11 is 0. The molecule has 0 bridgehead atoms. The second-order valence-electron chi connectivity index (χ2n) is 4.08. The smallest absolute Gasteiger partial charge is 0.234 e. The summed E-state index contributed by atoms with van der Waals surface area (Å²) in [6.07, 6.45) is 3.05. The molecular formula is C13H15N3O2. The van der Waals surface area contributed by atoms with Crippen LogP contribution in [0.2, 0.25) is 0 Å². The fourth-order valence-electron chi connectivity index (χ4n) is 1.94. The van der Waals surface area contributed by atoms with Gasteiger partial charge in [-0.25, -0.2) is 0 Å². The topological polar surface area (TPSA) is 88.0 Å². The predicted octanol–water partition coefficient (Wildman–Crippen LogP) is 0.353. The van der Waals surface area contributed by atoms with Crippen molar-refractivity contribution in [2.45, 2.75) is 12.5 Å². The SMILES string of the molecule is NCC(=O)N[C@@H](C=O)Cc1c[nH]c2ccccc12. The molecule has 2 rings (SSSR count). The third-order valence-corrected chi connectivity index (χ3v) is 2.81. The number of benzene rings is 1. The maximum atomic E-state index is 11.2. The lowest BCUT2D eigenvalue weighted by molar-refractivity contribution is -0.122. The Bertz CT molecular complexity index is 562. The molecular weight excluding hydrogens is 230 g/mol. The molecule has 5 nitrogen and oxygen atoms in total. The van der Waals surface area contributed by atoms with Crippen molar-refractivity contribution in [3.63, 3.8) is 0 Å². The summed E-state index contributed by atoms with van der Waals surface area (Å²) < 4.78 is 0. The Morgan fingerprint density at radius 1 is 1.44 bits per heavy atom. The molecule has 1 atom stereocenters. The Labute approximate surface area is 104 Å². The van der Waals surface area contributed by atoms with Crippen LogP contribution in [0.4, 0.5) is 0 Å². The molecule has 0 fully saturated rings. The number of para-hydroxylation sites is 1. The van der Waals surface area contributed by atoms with Gasteiger partial charge in [-0.2, -0.15) is 0 Å². The lowest BCUT2D eigenvalue weighted by atomic mass is 10.1. The highest BCUT2D eigenvalue weighted by molar-refractivity contribution is 5.84. The molecule has 0 unspecified atom stereocenters. The zero-order valence-corrected chi connectivity index (χ0v) is 9.85. The van der Waals surface area contributed by atoms with Gasteiger partial charge in [0.2, 0.25) is 5.91 Å². The number of H-pyrrole nitrogens is 1. The molecule has 94 valence electrons. The van der Waals surface area contributed by atoms with Crippen LogP contribution in [0.5, 0.6) is 0 Å². The molecule has 2 aromatic rings. The van der Waals surface area contributed by atoms with Crippen LogP contribution in [0.3, 0.4) is 0 Å². The van der Waals surface area contributed by atoms with Crippen LogP contribution < -0.4 is 11.1 Å². The van der Waals surface area contributed by atoms with Gasteiger partial charge >= 0.3 is 0 Å². The van der Waals surface area contributed by atoms with E-state index in [2.05, 4.69) is 10.3 Å². The predicted molar refractivity (Wildman–Crippen MR) is 69.1 cm³/mol. The zero-order valence-electron chi connectivity index (χ0n) is 9.85. The summed E-state index contributed by atoms with van der Waals surface area (Å²) in [5.74, 6) is -0.327. The number of carbonyl (C=O) groups excluding carboxylic acids is 2. The first-order valence-electron chi connectivity index (χ1n) is 5.74. The van der Waals surface area contributed by atoms with Gasteiger partial charge in [-0.1, -0.05) is 18.2 Å². The molecule has 0 saturated carbocycles. The van der Waals surface area contributed by atoms with Gasteiger partial charge in [-0.3, -0.25) is 4.79 Å². The van der Waals surface area contributed by atoms with Crippen molar-refractivity contribution in [3.8, 4) is 0 Å². The standard InChI is InChI=1S/C13H15N3O2/c14-6-13(18)16-10(8-17)5-9-7-15-12-4-2-1-3-11(9)12/h1-4,7-8,10,15H,5-6,14H2,(H,16,18)/t10-/m1/s1. The number of nitrogens with two attached hydrogens (primary N) is 1. The minimum atomic E-state index is -0.541. The first kappa shape index (κ1) is 12.3. The minimum absolute atomic E-state index is 0.113. The van der Waals surface area contributed by atoms with Crippen molar-refractivity contribution >= 4 is 23.1 Å². The zero-order chi connectivity index (χ0) is 13.0. The highest BCUT2D eigenvalue weighted by Crippen LogP contribution is 2.18. The number of carbonyl (C=O) groups is 2. The highest BCUT2D eigenvalue weighted by Gasteiger charge is 2.13. The molecule has 0 aliphatic heterocycles. The van der Waals surface area contributed by atoms with Gasteiger partial charge in [0, 0.05) is 23.5 Å². The first-order chi connectivity index (χ1) is 8.74. The Morgan fingerprint density at radius 3 is 2.94 bits per heavy atom. The number of fused-ring (bicyclic) bond motifs is 1. The van der Waals surface area contributed by atoms with Crippen LogP contribution in [0.1, 0.15) is 5.56 Å². The average molecular weight is 245 g/mol. The molecule has 1 aromatic carbocycles. The largest absolute Gasteiger partial charge is 0.361 e. The van der Waals surface area contributed by atoms with E-state index >= 15 is 0 Å². The molecule has 0 radical (unpaired) electrons. The van der Waals surface area contributed by atoms with Gasteiger partial charge in [0.1, 0.15) is 6.29 Å². The summed E-state index contributed by atoms with van der Waals surface area (Å²) in [4.78, 5) is 25.3. The van der Waals surface area contributed by atoms with Crippen LogP contribution in [0.15, 0.2) is 30.5 Å². The van der Waals surface area contributed by atoms with E-state index in [1.54, 1.807) is 0 Å². The number of aldehydes is 1. The average Bonchev–Trinajstić information content (AvgIpc) is 2.81. The molecule has 0 spiro atoms. The maximum absolute atomic E-state index is 11.2. The molecule has 1 amide bonds. The normalized spacial score (nSPS) is 12.3. The van der Waals surface area contributed by atoms with Crippen molar-refractivity contribution in [3.05, 3.63) is 36.0 Å². The molecule has 5 heteroatoms. The fraction of sp³-hybridized carbons (Fsp3) is 0.231. The van der Waals surface area contributed by atoms with E-state index in [-0.39, 0.29) is 12.5 Å². The van der Waals surface area contributed by atoms with E-state index in [0.717, 1.165) is 22.8 Å². The van der Waals surface area contributed by atoms with Crippen molar-refractivity contribution in [2.75, 3.05) is 6.54 Å². The van der Waals surface area contributed by atoms with Crippen molar-refractivity contribution < 1.29 is 9.59 Å². The monoisotopic (exact) mass is 245 g/mol. The Balaban J connectivity index is 2.16. The van der Waals surface area contributed by atoms with Crippen LogP contribution in [0.25, 0.3) is 10.9 Å². The van der Waals surface area contributed by atoms with Gasteiger partial charge in [0.05, 0.1) is 12.6 Å². The van der Waals surface area contributed by atoms with E-state index in [9.17, 15) is 9.59 Å². The summed E-state index contributed by atoms with van der Waals surface area (Å²) in [5.41, 5.74) is 7.22. The first-order valence-corrected chi connectivity index (χ1v) is 5.74. The van der Waals surface area contributed by atoms with Crippen molar-refractivity contribution in [1.82, 2.24) is 10.3 Å². The van der Waals surface area contributed by atoms with Crippen LogP contribution in [0, 0.1) is 0 Å². The van der Waals surface area contributed by atoms with Gasteiger partial charge in [-0.05, 0) is 11.6 Å². The van der Waals surface area contributed by atoms with Crippen molar-refractivity contribution in [2.24, 2.45) is 5.73 Å². The molecule has 0 saturated heterocycles. The van der Waals surface area contributed by atoms with E-state index < -0.39 is 6.04 Å². The Kier molecular flexibility index (Phi) is 3.74. The second kappa shape index (κ2) is 5.46. The van der Waals surface area contributed by atoms with E-state index in [4.69, 9.17) is 5.73 Å². The molecule has 0 aliphatic carbocycles. The number of hydrogen-bond donors (Lipinski definition) is 3. The van der Waals surface area contributed by atoms with Crippen molar-refractivity contribution in [1.29, 1.82) is 0 Å². The second-order valence-corrected chi connectivity index (χ2v) is 4.08. The Morgan fingerprint density at radius 2 is 2.22 bits per heavy atom. The highest BCUT2D eigenvalue weighted by atomic mass is 16.2. The lowest BCUT2D eigenvalue weighted by Crippen LogP contribution is -2.40. The molecule has 0 aliphatic rings. The molecule has 1 heterocycles. The number of aromatic amines is 1. The third kappa shape index (κ3) is 2.57. The fourth-order valence-corrected chi connectivity index (χ4v) is 1.94. The number of aromatic nitrogens is 1. The van der Waals surface area contributed by atoms with Crippen LogP contribution in [-0.4, -0.2) is 29.8 Å². The number of amides is 1. The molecule has 18 heavy (non-hydrogen) atoms. The van der Waals surface area contributed by atoms with Gasteiger partial charge in [0.15, 0.2) is 0 Å². The van der Waals surface area contributed by atoms with Crippen LogP contribution in [-0.2, 0) is 16.0 Å². The Hall–Kier alpha value is -2.14. The quantitative estimate of drug-likeness (QED) is 0.664. The minimum Gasteiger partial charge on any atom is -0.361 e. The molecule has 1 aromatic heterocycles. The summed E-state index contributed by atoms with van der Waals surface area (Å²) in [5, 5.41) is 3.63. The summed E-state index contributed by atoms with van der Waals surface area (Å²) in [6, 6.07) is 7.28. The van der Waals surface area contributed by atoms with Gasteiger partial charge in [-0.15, -0.1) is 0 Å². The van der Waals surface area contributed by atoms with Gasteiger partial charge in [0.25, 0.3) is 0 Å². The van der Waals surface area contributed by atoms with E-state index in [0.29, 0.717) is 6.42 Å². The summed E-state index contributed by atoms with van der Waals surface area (Å²) in [6.45, 7) is -0.113. The molecule has 4 N–H and O–H groups in total. The number of nitrogens with one attached hydrogen (secondary N) is 2. The summed E-state index contributed by atoms with van der Waals surface area (Å²) in [7, 11) is 0. The van der Waals surface area contributed by atoms with Crippen LogP contribution >= 0.6 is 0 Å². The number of hydrogen-bond acceptors (Lipinski definition) is 3. The van der Waals surface area contributed by atoms with E-state index in [1.807, 2.05) is 30.5 Å². The lowest BCUT2D eigenvalue weighted by Gasteiger charge is -2.11. The van der Waals surface area contributed by atoms with E-state index in [1.165, 1.54) is 0 Å². The maximum Gasteiger partial charge on any atom is 0.234 e. The van der Waals surface area contributed by atoms with Gasteiger partial charge < -0.3 is 20.8 Å². The third-order valence-electron chi connectivity index (χ3n) is 2.81. The number of rotatable bonds is 5.